The standard InChI is InChI=1S/C13H10F2N2O4/c1-7-2-12(21-17-7)16-11(18)6-20-13(19)8-3-9(14)5-10(15)4-8/h2-5H,6H2,1H3,(H,16,18). The van der Waals surface area contributed by atoms with Gasteiger partial charge in [-0.2, -0.15) is 0 Å². The number of benzene rings is 1. The molecule has 0 radical (unpaired) electrons. The van der Waals surface area contributed by atoms with Gasteiger partial charge in [0.25, 0.3) is 5.91 Å². The van der Waals surface area contributed by atoms with Gasteiger partial charge in [0.15, 0.2) is 6.61 Å². The summed E-state index contributed by atoms with van der Waals surface area (Å²) in [5, 5.41) is 5.85. The van der Waals surface area contributed by atoms with Crippen LogP contribution in [-0.4, -0.2) is 23.6 Å². The molecule has 2 aromatic rings. The number of rotatable bonds is 4. The normalized spacial score (nSPS) is 10.2. The lowest BCUT2D eigenvalue weighted by Crippen LogP contribution is -2.20. The zero-order chi connectivity index (χ0) is 15.4. The Bertz CT molecular complexity index is 664. The molecular weight excluding hydrogens is 286 g/mol. The average Bonchev–Trinajstić information content (AvgIpc) is 2.80. The van der Waals surface area contributed by atoms with Crippen molar-refractivity contribution in [1.82, 2.24) is 5.16 Å². The summed E-state index contributed by atoms with van der Waals surface area (Å²) >= 11 is 0. The molecule has 0 aliphatic rings. The zero-order valence-corrected chi connectivity index (χ0v) is 10.9. The van der Waals surface area contributed by atoms with Crippen LogP contribution in [-0.2, 0) is 9.53 Å². The highest BCUT2D eigenvalue weighted by molar-refractivity contribution is 5.94. The van der Waals surface area contributed by atoms with Crippen molar-refractivity contribution in [2.45, 2.75) is 6.92 Å². The molecule has 1 N–H and O–H groups in total. The van der Waals surface area contributed by atoms with Crippen molar-refractivity contribution >= 4 is 17.8 Å². The Kier molecular flexibility index (Phi) is 4.27. The Balaban J connectivity index is 1.90. The van der Waals surface area contributed by atoms with Crippen molar-refractivity contribution in [3.8, 4) is 0 Å². The largest absolute Gasteiger partial charge is 0.452 e. The van der Waals surface area contributed by atoms with Crippen molar-refractivity contribution < 1.29 is 27.6 Å². The Morgan fingerprint density at radius 2 is 1.90 bits per heavy atom. The average molecular weight is 296 g/mol. The van der Waals surface area contributed by atoms with Crippen LogP contribution in [0.4, 0.5) is 14.7 Å². The van der Waals surface area contributed by atoms with Crippen LogP contribution in [0.3, 0.4) is 0 Å². The maximum absolute atomic E-state index is 12.9. The smallest absolute Gasteiger partial charge is 0.338 e. The van der Waals surface area contributed by atoms with E-state index in [0.29, 0.717) is 11.8 Å². The number of carbonyl (C=O) groups excluding carboxylic acids is 2. The SMILES string of the molecule is Cc1cc(NC(=O)COC(=O)c2cc(F)cc(F)c2)on1. The molecule has 2 rings (SSSR count). The number of nitrogens with one attached hydrogen (secondary N) is 1. The van der Waals surface area contributed by atoms with Gasteiger partial charge in [0.05, 0.1) is 11.3 Å². The van der Waals surface area contributed by atoms with Gasteiger partial charge in [0.2, 0.25) is 5.88 Å². The van der Waals surface area contributed by atoms with Gasteiger partial charge in [-0.15, -0.1) is 0 Å². The van der Waals surface area contributed by atoms with Gasteiger partial charge >= 0.3 is 5.97 Å². The molecule has 0 fully saturated rings. The quantitative estimate of drug-likeness (QED) is 0.873. The molecule has 0 saturated heterocycles. The summed E-state index contributed by atoms with van der Waals surface area (Å²) in [7, 11) is 0. The van der Waals surface area contributed by atoms with Crippen molar-refractivity contribution in [2.75, 3.05) is 11.9 Å². The first kappa shape index (κ1) is 14.6. The molecule has 0 bridgehead atoms. The molecule has 1 aromatic heterocycles. The Hall–Kier alpha value is -2.77. The third-order valence-corrected chi connectivity index (χ3v) is 2.32. The lowest BCUT2D eigenvalue weighted by Gasteiger charge is -2.04. The summed E-state index contributed by atoms with van der Waals surface area (Å²) < 4.78 is 35.2. The molecule has 0 aliphatic carbocycles. The number of aromatic nitrogens is 1. The highest BCUT2D eigenvalue weighted by Gasteiger charge is 2.13. The number of ether oxygens (including phenoxy) is 1. The Morgan fingerprint density at radius 1 is 1.24 bits per heavy atom. The van der Waals surface area contributed by atoms with Gasteiger partial charge < -0.3 is 9.26 Å². The van der Waals surface area contributed by atoms with Crippen LogP contribution < -0.4 is 5.32 Å². The minimum atomic E-state index is -1.02. The zero-order valence-electron chi connectivity index (χ0n) is 10.9. The molecule has 1 amide bonds. The number of halogens is 2. The molecule has 1 aromatic carbocycles. The second kappa shape index (κ2) is 6.12. The fraction of sp³-hybridized carbons (Fsp3) is 0.154. The lowest BCUT2D eigenvalue weighted by atomic mass is 10.2. The van der Waals surface area contributed by atoms with Crippen molar-refractivity contribution in [3.63, 3.8) is 0 Å². The lowest BCUT2D eigenvalue weighted by molar-refractivity contribution is -0.119. The number of hydrogen-bond acceptors (Lipinski definition) is 5. The molecule has 6 nitrogen and oxygen atoms in total. The number of carbonyl (C=O) groups is 2. The summed E-state index contributed by atoms with van der Waals surface area (Å²) in [5.41, 5.74) is 0.244. The number of anilines is 1. The first-order valence-corrected chi connectivity index (χ1v) is 5.80. The fourth-order valence-electron chi connectivity index (χ4n) is 1.48. The van der Waals surface area contributed by atoms with Gasteiger partial charge in [-0.25, -0.2) is 13.6 Å². The van der Waals surface area contributed by atoms with E-state index >= 15 is 0 Å². The van der Waals surface area contributed by atoms with Gasteiger partial charge in [0, 0.05) is 12.1 Å². The topological polar surface area (TPSA) is 81.4 Å². The summed E-state index contributed by atoms with van der Waals surface area (Å²) in [5.74, 6) is -3.41. The van der Waals surface area contributed by atoms with Gasteiger partial charge in [-0.1, -0.05) is 5.16 Å². The highest BCUT2D eigenvalue weighted by atomic mass is 19.1. The van der Waals surface area contributed by atoms with E-state index in [0.717, 1.165) is 12.1 Å². The number of esters is 1. The molecule has 0 aliphatic heterocycles. The maximum Gasteiger partial charge on any atom is 0.338 e. The first-order valence-electron chi connectivity index (χ1n) is 5.80. The number of aryl methyl sites for hydroxylation is 1. The molecular formula is C13H10F2N2O4. The van der Waals surface area contributed by atoms with Crippen LogP contribution in [0.15, 0.2) is 28.8 Å². The van der Waals surface area contributed by atoms with Crippen LogP contribution >= 0.6 is 0 Å². The van der Waals surface area contributed by atoms with E-state index in [2.05, 4.69) is 15.2 Å². The number of nitrogens with zero attached hydrogens (tertiary/aromatic N) is 1. The van der Waals surface area contributed by atoms with E-state index in [9.17, 15) is 18.4 Å². The van der Waals surface area contributed by atoms with Gasteiger partial charge in [0.1, 0.15) is 11.6 Å². The van der Waals surface area contributed by atoms with E-state index in [1.165, 1.54) is 6.07 Å². The first-order chi connectivity index (χ1) is 9.94. The second-order valence-electron chi connectivity index (χ2n) is 4.11. The Morgan fingerprint density at radius 3 is 2.48 bits per heavy atom. The molecule has 1 heterocycles. The molecule has 0 saturated carbocycles. The van der Waals surface area contributed by atoms with Crippen LogP contribution in [0.2, 0.25) is 0 Å². The summed E-state index contributed by atoms with van der Waals surface area (Å²) in [6.07, 6.45) is 0. The molecule has 110 valence electrons. The second-order valence-corrected chi connectivity index (χ2v) is 4.11. The third-order valence-electron chi connectivity index (χ3n) is 2.32. The van der Waals surface area contributed by atoms with Gasteiger partial charge in [-0.3, -0.25) is 10.1 Å². The number of hydrogen-bond donors (Lipinski definition) is 1. The van der Waals surface area contributed by atoms with Crippen LogP contribution in [0, 0.1) is 18.6 Å². The maximum atomic E-state index is 12.9. The van der Waals surface area contributed by atoms with Crippen molar-refractivity contribution in [1.29, 1.82) is 0 Å². The summed E-state index contributed by atoms with van der Waals surface area (Å²) in [4.78, 5) is 23.0. The predicted octanol–water partition coefficient (Wildman–Crippen LogP) is 2.06. The molecule has 0 atom stereocenters. The van der Waals surface area contributed by atoms with E-state index in [4.69, 9.17) is 4.52 Å². The van der Waals surface area contributed by atoms with E-state index in [1.54, 1.807) is 6.92 Å². The number of amides is 1. The van der Waals surface area contributed by atoms with Crippen molar-refractivity contribution in [2.24, 2.45) is 0 Å². The van der Waals surface area contributed by atoms with E-state index in [1.807, 2.05) is 0 Å². The minimum Gasteiger partial charge on any atom is -0.452 e. The molecule has 21 heavy (non-hydrogen) atoms. The summed E-state index contributed by atoms with van der Waals surface area (Å²) in [6.45, 7) is 1.04. The van der Waals surface area contributed by atoms with Crippen molar-refractivity contribution in [3.05, 3.63) is 47.2 Å². The highest BCUT2D eigenvalue weighted by Crippen LogP contribution is 2.10. The van der Waals surface area contributed by atoms with E-state index < -0.39 is 30.1 Å². The molecule has 0 unspecified atom stereocenters. The summed E-state index contributed by atoms with van der Waals surface area (Å²) in [6, 6.07) is 3.71. The van der Waals surface area contributed by atoms with Crippen LogP contribution in [0.5, 0.6) is 0 Å². The molecule has 0 spiro atoms. The van der Waals surface area contributed by atoms with Crippen LogP contribution in [0.25, 0.3) is 0 Å². The minimum absolute atomic E-state index is 0.102. The molecule has 8 heteroatoms. The van der Waals surface area contributed by atoms with Gasteiger partial charge in [-0.05, 0) is 19.1 Å². The van der Waals surface area contributed by atoms with E-state index in [-0.39, 0.29) is 11.4 Å². The Labute approximate surface area is 117 Å². The fourth-order valence-corrected chi connectivity index (χ4v) is 1.48. The monoisotopic (exact) mass is 296 g/mol. The predicted molar refractivity (Wildman–Crippen MR) is 66.5 cm³/mol. The van der Waals surface area contributed by atoms with Crippen LogP contribution in [0.1, 0.15) is 16.1 Å². The third kappa shape index (κ3) is 4.10.